The van der Waals surface area contributed by atoms with Crippen LogP contribution in [-0.4, -0.2) is 30.2 Å². The van der Waals surface area contributed by atoms with Gasteiger partial charge in [0.1, 0.15) is 12.6 Å². The Morgan fingerprint density at radius 3 is 2.78 bits per heavy atom. The number of hydrogen-bond donors (Lipinski definition) is 2. The minimum Gasteiger partial charge on any atom is -0.480 e. The van der Waals surface area contributed by atoms with Crippen molar-refractivity contribution in [2.75, 3.05) is 6.61 Å². The highest BCUT2D eigenvalue weighted by Gasteiger charge is 2.10. The fourth-order valence-electron chi connectivity index (χ4n) is 0.214. The van der Waals surface area contributed by atoms with Gasteiger partial charge in [-0.25, -0.2) is 0 Å². The second kappa shape index (κ2) is 3.85. The first kappa shape index (κ1) is 7.90. The van der Waals surface area contributed by atoms with Crippen molar-refractivity contribution in [3.05, 3.63) is 0 Å². The van der Waals surface area contributed by atoms with Gasteiger partial charge in [-0.15, -0.1) is 0 Å². The van der Waals surface area contributed by atoms with Crippen molar-refractivity contribution in [2.45, 2.75) is 6.04 Å². The molecule has 0 unspecified atom stereocenters. The van der Waals surface area contributed by atoms with E-state index in [4.69, 9.17) is 10.8 Å². The molecule has 0 aliphatic heterocycles. The largest absolute Gasteiger partial charge is 0.480 e. The Hall–Kier alpha value is -1.10. The number of carboxylic acid groups (broad SMARTS) is 1. The number of carbonyl (C=O) groups excluding carboxylic acids is 1. The zero-order chi connectivity index (χ0) is 7.28. The number of hydrogen-bond acceptors (Lipinski definition) is 4. The third-order valence-corrected chi connectivity index (χ3v) is 0.661. The van der Waals surface area contributed by atoms with Crippen molar-refractivity contribution in [1.29, 1.82) is 0 Å². The summed E-state index contributed by atoms with van der Waals surface area (Å²) in [6.45, 7) is -0.123. The van der Waals surface area contributed by atoms with E-state index in [1.54, 1.807) is 0 Å². The lowest BCUT2D eigenvalue weighted by atomic mass is 10.3. The quantitative estimate of drug-likeness (QED) is 0.459. The van der Waals surface area contributed by atoms with E-state index in [0.717, 1.165) is 0 Å². The molecule has 0 bridgehead atoms. The van der Waals surface area contributed by atoms with Crippen LogP contribution in [0.15, 0.2) is 0 Å². The molecule has 0 fully saturated rings. The number of aliphatic carboxylic acids is 1. The highest BCUT2D eigenvalue weighted by molar-refractivity contribution is 5.73. The maximum Gasteiger partial charge on any atom is 0.324 e. The average molecular weight is 133 g/mol. The zero-order valence-corrected chi connectivity index (χ0v) is 4.61. The lowest BCUT2D eigenvalue weighted by molar-refractivity contribution is -0.141. The van der Waals surface area contributed by atoms with E-state index < -0.39 is 12.0 Å². The second-order valence-corrected chi connectivity index (χ2v) is 1.37. The third-order valence-electron chi connectivity index (χ3n) is 0.661. The molecule has 5 nitrogen and oxygen atoms in total. The molecular formula is C4H7NO4. The van der Waals surface area contributed by atoms with E-state index in [9.17, 15) is 9.59 Å². The van der Waals surface area contributed by atoms with Crippen LogP contribution in [0.2, 0.25) is 0 Å². The molecule has 0 aromatic heterocycles. The maximum atomic E-state index is 9.88. The molecule has 0 rings (SSSR count). The van der Waals surface area contributed by atoms with Crippen molar-refractivity contribution >= 4 is 12.4 Å². The number of carboxylic acids is 1. The van der Waals surface area contributed by atoms with Gasteiger partial charge >= 0.3 is 5.97 Å². The summed E-state index contributed by atoms with van der Waals surface area (Å²) < 4.78 is 4.07. The van der Waals surface area contributed by atoms with Gasteiger partial charge < -0.3 is 15.6 Å². The van der Waals surface area contributed by atoms with Gasteiger partial charge in [0.2, 0.25) is 0 Å². The van der Waals surface area contributed by atoms with Crippen LogP contribution in [-0.2, 0) is 14.3 Å². The van der Waals surface area contributed by atoms with Crippen LogP contribution in [0.5, 0.6) is 0 Å². The highest BCUT2D eigenvalue weighted by Crippen LogP contribution is 1.77. The molecule has 0 saturated carbocycles. The summed E-state index contributed by atoms with van der Waals surface area (Å²) in [6, 6.07) is -1.12. The normalized spacial score (nSPS) is 12.1. The van der Waals surface area contributed by atoms with Crippen LogP contribution in [0.4, 0.5) is 0 Å². The van der Waals surface area contributed by atoms with Crippen LogP contribution in [0.3, 0.4) is 0 Å². The van der Waals surface area contributed by atoms with E-state index >= 15 is 0 Å². The fraction of sp³-hybridized carbons (Fsp3) is 0.500. The van der Waals surface area contributed by atoms with E-state index in [0.29, 0.717) is 0 Å². The maximum absolute atomic E-state index is 9.88. The van der Waals surface area contributed by atoms with E-state index in [-0.39, 0.29) is 13.1 Å². The van der Waals surface area contributed by atoms with Gasteiger partial charge in [0.15, 0.2) is 0 Å². The van der Waals surface area contributed by atoms with Gasteiger partial charge in [0.05, 0.1) is 0 Å². The summed E-state index contributed by atoms with van der Waals surface area (Å²) in [4.78, 5) is 19.3. The number of carbonyl (C=O) groups is 2. The average Bonchev–Trinajstić information content (AvgIpc) is 1.82. The SMILES string of the molecule is N[C@H](COC=O)C(=O)O. The van der Waals surface area contributed by atoms with Gasteiger partial charge in [-0.3, -0.25) is 9.59 Å². The van der Waals surface area contributed by atoms with Crippen molar-refractivity contribution in [2.24, 2.45) is 5.73 Å². The van der Waals surface area contributed by atoms with Gasteiger partial charge in [0.25, 0.3) is 6.47 Å². The van der Waals surface area contributed by atoms with Crippen LogP contribution in [0.1, 0.15) is 0 Å². The predicted molar refractivity (Wildman–Crippen MR) is 27.6 cm³/mol. The van der Waals surface area contributed by atoms with Crippen molar-refractivity contribution in [1.82, 2.24) is 0 Å². The molecule has 0 aliphatic rings. The van der Waals surface area contributed by atoms with E-state index in [1.165, 1.54) is 0 Å². The van der Waals surface area contributed by atoms with Crippen LogP contribution in [0.25, 0.3) is 0 Å². The topological polar surface area (TPSA) is 89.6 Å². The Bertz CT molecular complexity index is 113. The van der Waals surface area contributed by atoms with E-state index in [2.05, 4.69) is 4.74 Å². The summed E-state index contributed by atoms with van der Waals surface area (Å²) in [6.07, 6.45) is 0. The molecule has 1 atom stereocenters. The molecule has 3 N–H and O–H groups in total. The van der Waals surface area contributed by atoms with Gasteiger partial charge in [-0.1, -0.05) is 0 Å². The lowest BCUT2D eigenvalue weighted by Gasteiger charge is -2.01. The first-order valence-corrected chi connectivity index (χ1v) is 2.22. The molecule has 0 radical (unpaired) electrons. The molecule has 0 saturated heterocycles. The lowest BCUT2D eigenvalue weighted by Crippen LogP contribution is -2.34. The summed E-state index contributed by atoms with van der Waals surface area (Å²) in [5.74, 6) is -1.18. The van der Waals surface area contributed by atoms with Gasteiger partial charge in [-0.2, -0.15) is 0 Å². The summed E-state index contributed by atoms with van der Waals surface area (Å²) in [5, 5.41) is 8.09. The molecule has 0 aromatic carbocycles. The fourth-order valence-corrected chi connectivity index (χ4v) is 0.214. The minimum atomic E-state index is -1.18. The molecule has 0 aliphatic carbocycles. The smallest absolute Gasteiger partial charge is 0.324 e. The van der Waals surface area contributed by atoms with Crippen molar-refractivity contribution in [3.63, 3.8) is 0 Å². The Morgan fingerprint density at radius 2 is 2.44 bits per heavy atom. The summed E-state index contributed by atoms with van der Waals surface area (Å²) in [5.41, 5.74) is 4.92. The molecule has 9 heavy (non-hydrogen) atoms. The van der Waals surface area contributed by atoms with Gasteiger partial charge in [0, 0.05) is 0 Å². The predicted octanol–water partition coefficient (Wildman–Crippen LogP) is -1.43. The number of ether oxygens (including phenoxy) is 1. The molecule has 0 aromatic rings. The molecule has 0 amide bonds. The van der Waals surface area contributed by atoms with E-state index in [1.807, 2.05) is 0 Å². The summed E-state index contributed by atoms with van der Waals surface area (Å²) >= 11 is 0. The second-order valence-electron chi connectivity index (χ2n) is 1.37. The molecule has 0 heterocycles. The summed E-state index contributed by atoms with van der Waals surface area (Å²) in [7, 11) is 0. The van der Waals surface area contributed by atoms with Crippen molar-refractivity contribution in [3.8, 4) is 0 Å². The molecule has 52 valence electrons. The Morgan fingerprint density at radius 1 is 1.89 bits per heavy atom. The molecular weight excluding hydrogens is 126 g/mol. The Kier molecular flexibility index (Phi) is 3.38. The zero-order valence-electron chi connectivity index (χ0n) is 4.61. The first-order valence-electron chi connectivity index (χ1n) is 2.22. The van der Waals surface area contributed by atoms with Crippen LogP contribution >= 0.6 is 0 Å². The monoisotopic (exact) mass is 133 g/mol. The van der Waals surface area contributed by atoms with Crippen LogP contribution in [0, 0.1) is 0 Å². The standard InChI is InChI=1S/C4H7NO4/c5-3(4(7)8)1-9-2-6/h2-3H,1,5H2,(H,7,8)/t3-/m1/s1. The minimum absolute atomic E-state index is 0.156. The van der Waals surface area contributed by atoms with Gasteiger partial charge in [-0.05, 0) is 0 Å². The van der Waals surface area contributed by atoms with Crippen molar-refractivity contribution < 1.29 is 19.4 Å². The Balaban J connectivity index is 3.37. The third kappa shape index (κ3) is 3.48. The molecule has 0 spiro atoms. The highest BCUT2D eigenvalue weighted by atomic mass is 16.5. The molecule has 5 heteroatoms. The number of nitrogens with two attached hydrogens (primary N) is 1. The Labute approximate surface area is 51.4 Å². The number of rotatable bonds is 4. The first-order chi connectivity index (χ1) is 4.18. The van der Waals surface area contributed by atoms with Crippen LogP contribution < -0.4 is 5.73 Å².